The van der Waals surface area contributed by atoms with Crippen molar-refractivity contribution in [2.45, 2.75) is 39.0 Å². The van der Waals surface area contributed by atoms with Crippen molar-refractivity contribution < 1.29 is 4.74 Å². The summed E-state index contributed by atoms with van der Waals surface area (Å²) in [5.74, 6) is 0. The lowest BCUT2D eigenvalue weighted by Gasteiger charge is -2.03. The average molecular weight is 334 g/mol. The molecule has 0 spiro atoms. The zero-order valence-corrected chi connectivity index (χ0v) is 13.8. The van der Waals surface area contributed by atoms with E-state index >= 15 is 0 Å². The molecule has 104 valence electrons. The molecule has 1 aromatic heterocycles. The summed E-state index contributed by atoms with van der Waals surface area (Å²) in [6.45, 7) is 5.06. The summed E-state index contributed by atoms with van der Waals surface area (Å²) in [6, 6.07) is 2.31. The van der Waals surface area contributed by atoms with E-state index < -0.39 is 0 Å². The molecule has 1 N–H and O–H groups in total. The molecule has 0 aliphatic heterocycles. The van der Waals surface area contributed by atoms with Gasteiger partial charge < -0.3 is 10.1 Å². The Balaban J connectivity index is 1.92. The van der Waals surface area contributed by atoms with Gasteiger partial charge in [-0.15, -0.1) is 11.3 Å². The zero-order valence-electron chi connectivity index (χ0n) is 11.4. The second-order valence-electron chi connectivity index (χ2n) is 4.58. The fraction of sp³-hybridized carbons (Fsp3) is 0.714. The van der Waals surface area contributed by atoms with E-state index in [1.807, 2.05) is 11.3 Å². The van der Waals surface area contributed by atoms with E-state index in [1.165, 1.54) is 46.3 Å². The van der Waals surface area contributed by atoms with E-state index in [0.29, 0.717) is 0 Å². The van der Waals surface area contributed by atoms with Crippen LogP contribution >= 0.6 is 27.3 Å². The number of halogens is 1. The molecule has 0 saturated carbocycles. The van der Waals surface area contributed by atoms with Crippen molar-refractivity contribution in [3.05, 3.63) is 20.3 Å². The van der Waals surface area contributed by atoms with E-state index in [9.17, 15) is 0 Å². The minimum absolute atomic E-state index is 0.812. The Kier molecular flexibility index (Phi) is 8.94. The predicted octanol–water partition coefficient (Wildman–Crippen LogP) is 4.16. The minimum atomic E-state index is 0.812. The maximum atomic E-state index is 4.98. The highest BCUT2D eigenvalue weighted by atomic mass is 79.9. The van der Waals surface area contributed by atoms with Crippen molar-refractivity contribution >= 4 is 27.3 Å². The van der Waals surface area contributed by atoms with Gasteiger partial charge in [0, 0.05) is 18.5 Å². The highest BCUT2D eigenvalue weighted by Crippen LogP contribution is 2.28. The number of unbranched alkanes of at least 4 members (excludes halogenated alkanes) is 3. The van der Waals surface area contributed by atoms with Gasteiger partial charge in [0.2, 0.25) is 0 Å². The summed E-state index contributed by atoms with van der Waals surface area (Å²) in [7, 11) is 1.74. The Morgan fingerprint density at radius 3 is 2.67 bits per heavy atom. The third kappa shape index (κ3) is 6.88. The number of hydrogen-bond acceptors (Lipinski definition) is 3. The molecule has 0 atom stereocenters. The van der Waals surface area contributed by atoms with Gasteiger partial charge in [-0.25, -0.2) is 0 Å². The zero-order chi connectivity index (χ0) is 13.2. The molecule has 18 heavy (non-hydrogen) atoms. The molecular weight excluding hydrogens is 310 g/mol. The van der Waals surface area contributed by atoms with Crippen LogP contribution in [0.5, 0.6) is 0 Å². The Morgan fingerprint density at radius 2 is 2.00 bits per heavy atom. The van der Waals surface area contributed by atoms with Gasteiger partial charge in [-0.1, -0.05) is 12.8 Å². The van der Waals surface area contributed by atoms with Crippen molar-refractivity contribution in [1.82, 2.24) is 5.32 Å². The molecule has 0 bridgehead atoms. The second-order valence-corrected chi connectivity index (χ2v) is 7.03. The molecule has 4 heteroatoms. The van der Waals surface area contributed by atoms with Gasteiger partial charge in [0.25, 0.3) is 0 Å². The number of hydrogen-bond donors (Lipinski definition) is 1. The fourth-order valence-electron chi connectivity index (χ4n) is 1.85. The van der Waals surface area contributed by atoms with Crippen molar-refractivity contribution in [1.29, 1.82) is 0 Å². The maximum Gasteiger partial charge on any atom is 0.0730 e. The lowest BCUT2D eigenvalue weighted by atomic mass is 10.1. The Hall–Kier alpha value is 0.1000. The van der Waals surface area contributed by atoms with Crippen LogP contribution in [-0.2, 0) is 11.2 Å². The molecule has 1 rings (SSSR count). The van der Waals surface area contributed by atoms with E-state index in [2.05, 4.69) is 34.2 Å². The molecule has 0 fully saturated rings. The first kappa shape index (κ1) is 16.2. The standard InChI is InChI=1S/C14H24BrNOS/c1-12-11-13(18-14(12)15)7-5-3-4-6-8-16-9-10-17-2/h11,16H,3-10H2,1-2H3. The molecule has 0 unspecified atom stereocenters. The summed E-state index contributed by atoms with van der Waals surface area (Å²) >= 11 is 5.46. The van der Waals surface area contributed by atoms with Crippen LogP contribution in [0.4, 0.5) is 0 Å². The third-order valence-corrected chi connectivity index (χ3v) is 5.11. The summed E-state index contributed by atoms with van der Waals surface area (Å²) in [6.07, 6.45) is 6.47. The molecule has 0 aromatic carbocycles. The highest BCUT2D eigenvalue weighted by Gasteiger charge is 2.02. The van der Waals surface area contributed by atoms with Crippen LogP contribution in [-0.4, -0.2) is 26.8 Å². The largest absolute Gasteiger partial charge is 0.383 e. The maximum absolute atomic E-state index is 4.98. The first-order valence-corrected chi connectivity index (χ1v) is 8.29. The van der Waals surface area contributed by atoms with Crippen LogP contribution in [0.25, 0.3) is 0 Å². The normalized spacial score (nSPS) is 11.1. The third-order valence-electron chi connectivity index (χ3n) is 2.92. The number of ether oxygens (including phenoxy) is 1. The molecule has 0 radical (unpaired) electrons. The van der Waals surface area contributed by atoms with Gasteiger partial charge in [-0.2, -0.15) is 0 Å². The van der Waals surface area contributed by atoms with E-state index in [1.54, 1.807) is 7.11 Å². The van der Waals surface area contributed by atoms with Crippen LogP contribution in [0.1, 0.15) is 36.1 Å². The summed E-state index contributed by atoms with van der Waals surface area (Å²) < 4.78 is 6.27. The predicted molar refractivity (Wildman–Crippen MR) is 83.7 cm³/mol. The number of aryl methyl sites for hydroxylation is 2. The van der Waals surface area contributed by atoms with E-state index in [-0.39, 0.29) is 0 Å². The lowest BCUT2D eigenvalue weighted by Crippen LogP contribution is -2.20. The smallest absolute Gasteiger partial charge is 0.0730 e. The van der Waals surface area contributed by atoms with Gasteiger partial charge in [0.1, 0.15) is 0 Å². The molecule has 0 amide bonds. The molecule has 0 aliphatic carbocycles. The van der Waals surface area contributed by atoms with Crippen molar-refractivity contribution in [3.63, 3.8) is 0 Å². The van der Waals surface area contributed by atoms with E-state index in [0.717, 1.165) is 19.7 Å². The Morgan fingerprint density at radius 1 is 1.22 bits per heavy atom. The van der Waals surface area contributed by atoms with Crippen LogP contribution in [0, 0.1) is 6.92 Å². The summed E-state index contributed by atoms with van der Waals surface area (Å²) in [4.78, 5) is 1.51. The average Bonchev–Trinajstić information content (AvgIpc) is 2.67. The van der Waals surface area contributed by atoms with Crippen molar-refractivity contribution in [2.75, 3.05) is 26.8 Å². The number of methoxy groups -OCH3 is 1. The quantitative estimate of drug-likeness (QED) is 0.649. The summed E-state index contributed by atoms with van der Waals surface area (Å²) in [5, 5.41) is 3.38. The molecule has 2 nitrogen and oxygen atoms in total. The molecule has 0 saturated heterocycles. The van der Waals surface area contributed by atoms with Crippen LogP contribution in [0.15, 0.2) is 9.85 Å². The van der Waals surface area contributed by atoms with Gasteiger partial charge in [0.15, 0.2) is 0 Å². The number of nitrogens with one attached hydrogen (secondary N) is 1. The highest BCUT2D eigenvalue weighted by molar-refractivity contribution is 9.11. The SMILES string of the molecule is COCCNCCCCCCc1cc(C)c(Br)s1. The van der Waals surface area contributed by atoms with Crippen LogP contribution in [0.2, 0.25) is 0 Å². The number of rotatable bonds is 10. The molecule has 1 heterocycles. The van der Waals surface area contributed by atoms with Crippen molar-refractivity contribution in [2.24, 2.45) is 0 Å². The van der Waals surface area contributed by atoms with Gasteiger partial charge in [-0.05, 0) is 60.3 Å². The lowest BCUT2D eigenvalue weighted by molar-refractivity contribution is 0.199. The topological polar surface area (TPSA) is 21.3 Å². The fourth-order valence-corrected chi connectivity index (χ4v) is 3.52. The first-order valence-electron chi connectivity index (χ1n) is 6.68. The van der Waals surface area contributed by atoms with Gasteiger partial charge in [0.05, 0.1) is 10.4 Å². The van der Waals surface area contributed by atoms with E-state index in [4.69, 9.17) is 4.74 Å². The molecular formula is C14H24BrNOS. The summed E-state index contributed by atoms with van der Waals surface area (Å²) in [5.41, 5.74) is 1.37. The van der Waals surface area contributed by atoms with Gasteiger partial charge >= 0.3 is 0 Å². The van der Waals surface area contributed by atoms with Gasteiger partial charge in [-0.3, -0.25) is 0 Å². The Labute approximate surface area is 123 Å². The van der Waals surface area contributed by atoms with Crippen LogP contribution < -0.4 is 5.32 Å². The Bertz CT molecular complexity index is 308. The molecule has 1 aromatic rings. The number of thiophene rings is 1. The van der Waals surface area contributed by atoms with Crippen LogP contribution in [0.3, 0.4) is 0 Å². The molecule has 0 aliphatic rings. The minimum Gasteiger partial charge on any atom is -0.383 e. The second kappa shape index (κ2) is 9.96. The monoisotopic (exact) mass is 333 g/mol. The first-order chi connectivity index (χ1) is 8.74. The van der Waals surface area contributed by atoms with Crippen molar-refractivity contribution in [3.8, 4) is 0 Å².